The average molecular weight is 386 g/mol. The number of nitrogen functional groups attached to an aromatic ring is 2. The number of hydrogen-bond donors (Lipinski definition) is 2. The number of likely N-dealkylation sites (N-methyl/N-ethyl adjacent to an activating group) is 1. The minimum Gasteiger partial charge on any atom is -0.426 e. The lowest BCUT2D eigenvalue weighted by atomic mass is 10.3. The van der Waals surface area contributed by atoms with Gasteiger partial charge in [0.15, 0.2) is 17.3 Å². The summed E-state index contributed by atoms with van der Waals surface area (Å²) >= 11 is 3.06. The molecule has 1 aromatic rings. The first-order valence-electron chi connectivity index (χ1n) is 7.00. The van der Waals surface area contributed by atoms with Crippen molar-refractivity contribution in [1.82, 2.24) is 14.9 Å². The highest BCUT2D eigenvalue weighted by molar-refractivity contribution is 9.10. The van der Waals surface area contributed by atoms with Crippen molar-refractivity contribution >= 4 is 39.4 Å². The van der Waals surface area contributed by atoms with E-state index in [-0.39, 0.29) is 33.6 Å². The van der Waals surface area contributed by atoms with Gasteiger partial charge < -0.3 is 21.1 Å². The van der Waals surface area contributed by atoms with Crippen LogP contribution in [0.2, 0.25) is 0 Å². The number of nitrogens with zero attached hydrogens (tertiary/aromatic N) is 3. The van der Waals surface area contributed by atoms with Crippen molar-refractivity contribution in [3.63, 3.8) is 0 Å². The first-order chi connectivity index (χ1) is 10.8. The van der Waals surface area contributed by atoms with Crippen LogP contribution >= 0.6 is 15.9 Å². The Hall–Kier alpha value is -2.16. The molecule has 0 spiro atoms. The summed E-state index contributed by atoms with van der Waals surface area (Å²) in [5.41, 5.74) is 10.9. The third-order valence-electron chi connectivity index (χ3n) is 2.90. The Labute approximate surface area is 143 Å². The largest absolute Gasteiger partial charge is 0.426 e. The van der Waals surface area contributed by atoms with Gasteiger partial charge in [0.05, 0.1) is 0 Å². The molecule has 0 aliphatic heterocycles. The summed E-state index contributed by atoms with van der Waals surface area (Å²) in [5.74, 6) is -0.999. The van der Waals surface area contributed by atoms with E-state index in [2.05, 4.69) is 25.9 Å². The van der Waals surface area contributed by atoms with Crippen molar-refractivity contribution in [2.24, 2.45) is 0 Å². The number of nitrogens with two attached hydrogens (primary N) is 2. The Bertz CT molecular complexity index is 633. The molecular formula is C14H20BrN5O3. The van der Waals surface area contributed by atoms with Crippen molar-refractivity contribution < 1.29 is 14.3 Å². The van der Waals surface area contributed by atoms with Crippen molar-refractivity contribution in [3.8, 4) is 0 Å². The van der Waals surface area contributed by atoms with Gasteiger partial charge in [-0.15, -0.1) is 0 Å². The number of anilines is 2. The Balaban J connectivity index is 2.78. The quantitative estimate of drug-likeness (QED) is 0.433. The Kier molecular flexibility index (Phi) is 6.95. The predicted molar refractivity (Wildman–Crippen MR) is 90.3 cm³/mol. The summed E-state index contributed by atoms with van der Waals surface area (Å²) in [5, 5.41) is 0. The Morgan fingerprint density at radius 3 is 2.57 bits per heavy atom. The summed E-state index contributed by atoms with van der Waals surface area (Å²) < 4.78 is 5.26. The zero-order valence-electron chi connectivity index (χ0n) is 13.3. The monoisotopic (exact) mass is 385 g/mol. The molecule has 4 N–H and O–H groups in total. The van der Waals surface area contributed by atoms with Crippen LogP contribution in [-0.4, -0.2) is 40.3 Å². The molecule has 0 saturated heterocycles. The number of hydrogen-bond acceptors (Lipinski definition) is 7. The molecule has 1 heterocycles. The van der Waals surface area contributed by atoms with Crippen LogP contribution in [0.15, 0.2) is 16.4 Å². The van der Waals surface area contributed by atoms with Crippen LogP contribution in [0, 0.1) is 0 Å². The first-order valence-corrected chi connectivity index (χ1v) is 7.79. The second-order valence-electron chi connectivity index (χ2n) is 4.89. The van der Waals surface area contributed by atoms with E-state index >= 15 is 0 Å². The number of aromatic nitrogens is 2. The van der Waals surface area contributed by atoms with Crippen molar-refractivity contribution in [2.75, 3.05) is 25.1 Å². The van der Waals surface area contributed by atoms with Crippen molar-refractivity contribution in [3.05, 3.63) is 22.1 Å². The van der Waals surface area contributed by atoms with Gasteiger partial charge in [-0.1, -0.05) is 13.3 Å². The van der Waals surface area contributed by atoms with Crippen LogP contribution in [0.25, 0.3) is 0 Å². The standard InChI is InChI=1S/C14H20BrN5O3/c1-4-5-6-20(3)9(21)7-8(2)23-14(22)10-12(16)19-13(17)11(15)18-10/h7H,4-6H2,1-3H3,(H4,16,17,19). The minimum atomic E-state index is -0.812. The van der Waals surface area contributed by atoms with Gasteiger partial charge in [-0.25, -0.2) is 14.8 Å². The molecule has 9 heteroatoms. The summed E-state index contributed by atoms with van der Waals surface area (Å²) in [6.07, 6.45) is 3.13. The van der Waals surface area contributed by atoms with Crippen LogP contribution < -0.4 is 11.5 Å². The van der Waals surface area contributed by atoms with E-state index in [9.17, 15) is 9.59 Å². The molecule has 8 nitrogen and oxygen atoms in total. The highest BCUT2D eigenvalue weighted by atomic mass is 79.9. The normalized spacial score (nSPS) is 11.2. The average Bonchev–Trinajstić information content (AvgIpc) is 2.47. The zero-order valence-corrected chi connectivity index (χ0v) is 14.9. The molecule has 0 saturated carbocycles. The van der Waals surface area contributed by atoms with E-state index in [1.54, 1.807) is 11.9 Å². The van der Waals surface area contributed by atoms with E-state index in [4.69, 9.17) is 16.2 Å². The number of halogens is 1. The van der Waals surface area contributed by atoms with E-state index in [1.165, 1.54) is 13.0 Å². The third-order valence-corrected chi connectivity index (χ3v) is 3.49. The maximum Gasteiger partial charge on any atom is 0.365 e. The number of esters is 1. The van der Waals surface area contributed by atoms with Crippen LogP contribution in [-0.2, 0) is 9.53 Å². The molecule has 0 bridgehead atoms. The second kappa shape index (κ2) is 8.47. The smallest absolute Gasteiger partial charge is 0.365 e. The van der Waals surface area contributed by atoms with Gasteiger partial charge in [-0.2, -0.15) is 0 Å². The number of unbranched alkanes of at least 4 members (excludes halogenated alkanes) is 1. The molecule has 0 aromatic carbocycles. The summed E-state index contributed by atoms with van der Waals surface area (Å²) in [6, 6.07) is 0. The molecule has 0 aliphatic carbocycles. The van der Waals surface area contributed by atoms with E-state index < -0.39 is 5.97 Å². The minimum absolute atomic E-state index is 0.0686. The second-order valence-corrected chi connectivity index (χ2v) is 5.64. The molecule has 1 aromatic heterocycles. The van der Waals surface area contributed by atoms with Gasteiger partial charge in [0, 0.05) is 19.7 Å². The van der Waals surface area contributed by atoms with Gasteiger partial charge in [0.1, 0.15) is 10.4 Å². The molecule has 126 valence electrons. The maximum atomic E-state index is 12.0. The summed E-state index contributed by atoms with van der Waals surface area (Å²) in [7, 11) is 1.68. The molecule has 0 unspecified atom stereocenters. The van der Waals surface area contributed by atoms with Crippen LogP contribution in [0.5, 0.6) is 0 Å². The lowest BCUT2D eigenvalue weighted by Gasteiger charge is -2.14. The van der Waals surface area contributed by atoms with Gasteiger partial charge in [0.2, 0.25) is 5.91 Å². The van der Waals surface area contributed by atoms with Crippen molar-refractivity contribution in [1.29, 1.82) is 0 Å². The molecular weight excluding hydrogens is 366 g/mol. The van der Waals surface area contributed by atoms with Gasteiger partial charge in [0.25, 0.3) is 0 Å². The molecule has 1 rings (SSSR count). The molecule has 0 fully saturated rings. The number of ether oxygens (including phenoxy) is 1. The van der Waals surface area contributed by atoms with E-state index in [1.807, 2.05) is 6.92 Å². The van der Waals surface area contributed by atoms with Crippen LogP contribution in [0.1, 0.15) is 37.2 Å². The number of rotatable bonds is 6. The van der Waals surface area contributed by atoms with Gasteiger partial charge in [-0.3, -0.25) is 4.79 Å². The Morgan fingerprint density at radius 2 is 1.96 bits per heavy atom. The Morgan fingerprint density at radius 1 is 1.30 bits per heavy atom. The number of allylic oxidation sites excluding steroid dienone is 1. The molecule has 0 atom stereocenters. The topological polar surface area (TPSA) is 124 Å². The maximum absolute atomic E-state index is 12.0. The van der Waals surface area contributed by atoms with Crippen LogP contribution in [0.4, 0.5) is 11.6 Å². The molecule has 1 amide bonds. The number of amides is 1. The van der Waals surface area contributed by atoms with Crippen LogP contribution in [0.3, 0.4) is 0 Å². The van der Waals surface area contributed by atoms with E-state index in [0.717, 1.165) is 12.8 Å². The van der Waals surface area contributed by atoms with Gasteiger partial charge in [-0.05, 0) is 29.3 Å². The predicted octanol–water partition coefficient (Wildman–Crippen LogP) is 1.72. The fourth-order valence-corrected chi connectivity index (χ4v) is 1.87. The van der Waals surface area contributed by atoms with E-state index in [0.29, 0.717) is 6.54 Å². The lowest BCUT2D eigenvalue weighted by molar-refractivity contribution is -0.125. The SMILES string of the molecule is CCCCN(C)C(=O)C=C(C)OC(=O)c1nc(Br)c(N)nc1N. The number of carbonyl (C=O) groups excluding carboxylic acids is 2. The van der Waals surface area contributed by atoms with Crippen molar-refractivity contribution in [2.45, 2.75) is 26.7 Å². The molecule has 0 radical (unpaired) electrons. The lowest BCUT2D eigenvalue weighted by Crippen LogP contribution is -2.26. The van der Waals surface area contributed by atoms with Gasteiger partial charge >= 0.3 is 5.97 Å². The fourth-order valence-electron chi connectivity index (χ4n) is 1.61. The number of carbonyl (C=O) groups is 2. The summed E-state index contributed by atoms with van der Waals surface area (Å²) in [4.78, 5) is 33.2. The molecule has 23 heavy (non-hydrogen) atoms. The third kappa shape index (κ3) is 5.51. The fraction of sp³-hybridized carbons (Fsp3) is 0.429. The highest BCUT2D eigenvalue weighted by Gasteiger charge is 2.18. The summed E-state index contributed by atoms with van der Waals surface area (Å²) in [6.45, 7) is 4.17. The first kappa shape index (κ1) is 18.9. The molecule has 0 aliphatic rings. The highest BCUT2D eigenvalue weighted by Crippen LogP contribution is 2.19. The zero-order chi connectivity index (χ0) is 17.6.